The Kier molecular flexibility index (Phi) is 6.25. The smallest absolute Gasteiger partial charge is 0.324 e. The highest BCUT2D eigenvalue weighted by Crippen LogP contribution is 2.38. The van der Waals surface area contributed by atoms with Crippen molar-refractivity contribution in [2.45, 2.75) is 17.3 Å². The highest BCUT2D eigenvalue weighted by Gasteiger charge is 2.27. The molecular weight excluding hydrogens is 394 g/mol. The lowest BCUT2D eigenvalue weighted by Crippen LogP contribution is -2.14. The number of aromatic nitrogens is 3. The van der Waals surface area contributed by atoms with Crippen LogP contribution in [0.2, 0.25) is 0 Å². The van der Waals surface area contributed by atoms with E-state index in [2.05, 4.69) is 10.2 Å². The van der Waals surface area contributed by atoms with Crippen molar-refractivity contribution in [2.24, 2.45) is 0 Å². The zero-order chi connectivity index (χ0) is 20.8. The lowest BCUT2D eigenvalue weighted by Gasteiger charge is -2.16. The van der Waals surface area contributed by atoms with E-state index >= 15 is 0 Å². The maximum Gasteiger partial charge on any atom is 0.324 e. The molecule has 0 aliphatic carbocycles. The van der Waals surface area contributed by atoms with Gasteiger partial charge in [-0.25, -0.2) is 0 Å². The molecule has 1 heterocycles. The third-order valence-electron chi connectivity index (χ3n) is 4.51. The summed E-state index contributed by atoms with van der Waals surface area (Å²) in [5.74, 6) is 0.428. The molecule has 0 saturated carbocycles. The summed E-state index contributed by atoms with van der Waals surface area (Å²) in [6.45, 7) is 2.13. The summed E-state index contributed by atoms with van der Waals surface area (Å²) >= 11 is 1.34. The molecule has 0 saturated heterocycles. The molecule has 0 aliphatic heterocycles. The van der Waals surface area contributed by atoms with Crippen molar-refractivity contribution >= 4 is 17.7 Å². The second-order valence-electron chi connectivity index (χ2n) is 6.50. The number of para-hydroxylation sites is 1. The molecule has 3 aromatic carbocycles. The van der Waals surface area contributed by atoms with Crippen LogP contribution in [0.1, 0.15) is 17.7 Å². The van der Waals surface area contributed by atoms with Crippen molar-refractivity contribution in [1.82, 2.24) is 14.8 Å². The van der Waals surface area contributed by atoms with Crippen LogP contribution in [0, 0.1) is 0 Å². The van der Waals surface area contributed by atoms with Gasteiger partial charge in [-0.15, -0.1) is 10.2 Å². The fourth-order valence-electron chi connectivity index (χ4n) is 3.13. The van der Waals surface area contributed by atoms with Gasteiger partial charge < -0.3 is 4.74 Å². The molecule has 30 heavy (non-hydrogen) atoms. The number of hydrogen-bond acceptors (Lipinski definition) is 5. The molecule has 0 amide bonds. The topological polar surface area (TPSA) is 57.0 Å². The zero-order valence-electron chi connectivity index (χ0n) is 16.5. The van der Waals surface area contributed by atoms with Crippen molar-refractivity contribution in [1.29, 1.82) is 0 Å². The highest BCUT2D eigenvalue weighted by atomic mass is 32.2. The summed E-state index contributed by atoms with van der Waals surface area (Å²) < 4.78 is 7.33. The van der Waals surface area contributed by atoms with Crippen LogP contribution < -0.4 is 0 Å². The predicted molar refractivity (Wildman–Crippen MR) is 118 cm³/mol. The first kappa shape index (κ1) is 19.9. The summed E-state index contributed by atoms with van der Waals surface area (Å²) in [6.07, 6.45) is 0. The van der Waals surface area contributed by atoms with Crippen LogP contribution in [-0.2, 0) is 9.53 Å². The molecule has 150 valence electrons. The minimum atomic E-state index is -0.540. The van der Waals surface area contributed by atoms with Crippen molar-refractivity contribution in [3.8, 4) is 17.1 Å². The molecule has 0 unspecified atom stereocenters. The molecule has 0 aliphatic rings. The number of hydrogen-bond donors (Lipinski definition) is 0. The van der Waals surface area contributed by atoms with E-state index in [1.165, 1.54) is 11.8 Å². The lowest BCUT2D eigenvalue weighted by molar-refractivity contribution is -0.142. The number of thioether (sulfide) groups is 1. The fourth-order valence-corrected chi connectivity index (χ4v) is 4.19. The van der Waals surface area contributed by atoms with Gasteiger partial charge >= 0.3 is 5.97 Å². The Bertz CT molecular complexity index is 1100. The number of benzene rings is 3. The third kappa shape index (κ3) is 4.28. The Morgan fingerprint density at radius 3 is 2.13 bits per heavy atom. The van der Waals surface area contributed by atoms with Crippen LogP contribution in [0.25, 0.3) is 17.1 Å². The normalized spacial score (nSPS) is 11.8. The number of rotatable bonds is 7. The maximum atomic E-state index is 12.8. The Morgan fingerprint density at radius 1 is 0.900 bits per heavy atom. The average Bonchev–Trinajstić information content (AvgIpc) is 3.23. The largest absolute Gasteiger partial charge is 0.465 e. The minimum Gasteiger partial charge on any atom is -0.465 e. The molecule has 0 fully saturated rings. The first-order valence-electron chi connectivity index (χ1n) is 9.72. The van der Waals surface area contributed by atoms with E-state index in [0.29, 0.717) is 11.8 Å². The first-order chi connectivity index (χ1) is 14.8. The van der Waals surface area contributed by atoms with Gasteiger partial charge in [0.1, 0.15) is 5.25 Å². The Morgan fingerprint density at radius 2 is 1.50 bits per heavy atom. The molecule has 0 N–H and O–H groups in total. The van der Waals surface area contributed by atoms with Gasteiger partial charge in [-0.2, -0.15) is 0 Å². The summed E-state index contributed by atoms with van der Waals surface area (Å²) in [7, 11) is 0. The van der Waals surface area contributed by atoms with E-state index in [9.17, 15) is 4.79 Å². The van der Waals surface area contributed by atoms with Gasteiger partial charge in [-0.05, 0) is 24.6 Å². The predicted octanol–water partition coefficient (Wildman–Crippen LogP) is 5.33. The zero-order valence-corrected chi connectivity index (χ0v) is 17.3. The fraction of sp³-hybridized carbons (Fsp3) is 0.125. The first-order valence-corrected chi connectivity index (χ1v) is 10.6. The number of esters is 1. The maximum absolute atomic E-state index is 12.8. The van der Waals surface area contributed by atoms with Gasteiger partial charge in [-0.3, -0.25) is 9.36 Å². The standard InChI is InChI=1S/C24H21N3O2S/c1-2-29-23(28)21(18-12-6-3-7-13-18)30-24-26-25-22(19-14-8-4-9-15-19)27(24)20-16-10-5-11-17-20/h3-17,21H,2H2,1H3/t21-/m0/s1. The Balaban J connectivity index is 1.80. The van der Waals surface area contributed by atoms with Crippen LogP contribution in [0.3, 0.4) is 0 Å². The van der Waals surface area contributed by atoms with E-state index in [1.807, 2.05) is 102 Å². The van der Waals surface area contributed by atoms with E-state index < -0.39 is 5.25 Å². The highest BCUT2D eigenvalue weighted by molar-refractivity contribution is 8.00. The van der Waals surface area contributed by atoms with E-state index in [1.54, 1.807) is 0 Å². The Labute approximate surface area is 179 Å². The molecule has 6 heteroatoms. The SMILES string of the molecule is CCOC(=O)[C@@H](Sc1nnc(-c2ccccc2)n1-c1ccccc1)c1ccccc1. The van der Waals surface area contributed by atoms with Crippen LogP contribution in [-0.4, -0.2) is 27.3 Å². The van der Waals surface area contributed by atoms with E-state index in [-0.39, 0.29) is 5.97 Å². The van der Waals surface area contributed by atoms with Crippen LogP contribution in [0.4, 0.5) is 0 Å². The van der Waals surface area contributed by atoms with Crippen LogP contribution in [0.15, 0.2) is 96.2 Å². The van der Waals surface area contributed by atoms with E-state index in [4.69, 9.17) is 4.74 Å². The number of nitrogens with zero attached hydrogens (tertiary/aromatic N) is 3. The molecule has 4 aromatic rings. The van der Waals surface area contributed by atoms with Crippen molar-refractivity contribution in [3.05, 3.63) is 96.6 Å². The summed E-state index contributed by atoms with van der Waals surface area (Å²) in [5, 5.41) is 8.99. The number of carbonyl (C=O) groups excluding carboxylic acids is 1. The van der Waals surface area contributed by atoms with Crippen LogP contribution in [0.5, 0.6) is 0 Å². The molecule has 0 radical (unpaired) electrons. The summed E-state index contributed by atoms with van der Waals surface area (Å²) in [6, 6.07) is 29.4. The quantitative estimate of drug-likeness (QED) is 0.302. The van der Waals surface area contributed by atoms with Gasteiger partial charge in [0.2, 0.25) is 0 Å². The van der Waals surface area contributed by atoms with Crippen molar-refractivity contribution in [3.63, 3.8) is 0 Å². The molecule has 0 bridgehead atoms. The van der Waals surface area contributed by atoms with Gasteiger partial charge in [-0.1, -0.05) is 90.6 Å². The second-order valence-corrected chi connectivity index (χ2v) is 7.58. The number of ether oxygens (including phenoxy) is 1. The van der Waals surface area contributed by atoms with Gasteiger partial charge in [0, 0.05) is 11.3 Å². The molecule has 4 rings (SSSR count). The molecular formula is C24H21N3O2S. The summed E-state index contributed by atoms with van der Waals surface area (Å²) in [4.78, 5) is 12.8. The second kappa shape index (κ2) is 9.41. The average molecular weight is 416 g/mol. The van der Waals surface area contributed by atoms with Gasteiger partial charge in [0.25, 0.3) is 0 Å². The molecule has 1 aromatic heterocycles. The lowest BCUT2D eigenvalue weighted by atomic mass is 10.1. The Hall–Kier alpha value is -3.38. The molecule has 5 nitrogen and oxygen atoms in total. The monoisotopic (exact) mass is 415 g/mol. The van der Waals surface area contributed by atoms with Crippen molar-refractivity contribution < 1.29 is 9.53 Å². The van der Waals surface area contributed by atoms with Crippen molar-refractivity contribution in [2.75, 3.05) is 6.61 Å². The third-order valence-corrected chi connectivity index (χ3v) is 5.68. The molecule has 1 atom stereocenters. The van der Waals surface area contributed by atoms with Crippen LogP contribution >= 0.6 is 11.8 Å². The van der Waals surface area contributed by atoms with E-state index in [0.717, 1.165) is 22.6 Å². The van der Waals surface area contributed by atoms with Gasteiger partial charge in [0.05, 0.1) is 6.61 Å². The number of carbonyl (C=O) groups is 1. The molecule has 0 spiro atoms. The van der Waals surface area contributed by atoms with Gasteiger partial charge in [0.15, 0.2) is 11.0 Å². The minimum absolute atomic E-state index is 0.294. The summed E-state index contributed by atoms with van der Waals surface area (Å²) in [5.41, 5.74) is 2.75.